The molecule has 0 radical (unpaired) electrons. The summed E-state index contributed by atoms with van der Waals surface area (Å²) in [7, 11) is 0. The fourth-order valence-corrected chi connectivity index (χ4v) is 5.93. The van der Waals surface area contributed by atoms with Crippen LogP contribution in [-0.2, 0) is 5.75 Å². The standard InChI is InChI=1S/C17H15N3S4/c1-10(2)15-19-13(9-22-15)16-18-11(7-21-16)8-23-17-20-12-5-3-4-6-14(12)24-17/h3-7,9-10H,8H2,1-2H3. The summed E-state index contributed by atoms with van der Waals surface area (Å²) in [6.45, 7) is 4.34. The molecule has 0 N–H and O–H groups in total. The molecular weight excluding hydrogens is 374 g/mol. The smallest absolute Gasteiger partial charge is 0.151 e. The molecule has 0 saturated heterocycles. The monoisotopic (exact) mass is 389 g/mol. The van der Waals surface area contributed by atoms with Crippen LogP contribution in [0.1, 0.15) is 30.5 Å². The minimum atomic E-state index is 0.470. The molecule has 0 aliphatic heterocycles. The number of thiazole rings is 3. The molecule has 0 spiro atoms. The summed E-state index contributed by atoms with van der Waals surface area (Å²) in [6.07, 6.45) is 0. The molecule has 1 aromatic carbocycles. The van der Waals surface area contributed by atoms with Crippen LogP contribution in [0.2, 0.25) is 0 Å². The summed E-state index contributed by atoms with van der Waals surface area (Å²) in [6, 6.07) is 8.27. The van der Waals surface area contributed by atoms with E-state index in [1.165, 1.54) is 9.71 Å². The highest BCUT2D eigenvalue weighted by Gasteiger charge is 2.12. The second-order valence-corrected chi connectivity index (χ2v) is 9.61. The van der Waals surface area contributed by atoms with Gasteiger partial charge in [0.15, 0.2) is 4.34 Å². The molecule has 24 heavy (non-hydrogen) atoms. The largest absolute Gasteiger partial charge is 0.239 e. The Hall–Kier alpha value is -1.28. The average molecular weight is 390 g/mol. The predicted octanol–water partition coefficient (Wildman–Crippen LogP) is 6.29. The van der Waals surface area contributed by atoms with E-state index in [9.17, 15) is 0 Å². The SMILES string of the molecule is CC(C)c1nc(-c2nc(CSc3nc4ccccc4s3)cs2)cs1. The molecule has 0 saturated carbocycles. The molecule has 0 aliphatic rings. The van der Waals surface area contributed by atoms with E-state index < -0.39 is 0 Å². The molecular formula is C17H15N3S4. The number of thioether (sulfide) groups is 1. The van der Waals surface area contributed by atoms with Crippen LogP contribution in [-0.4, -0.2) is 15.0 Å². The van der Waals surface area contributed by atoms with Crippen molar-refractivity contribution in [2.45, 2.75) is 29.9 Å². The second kappa shape index (κ2) is 6.92. The molecule has 0 aliphatic carbocycles. The van der Waals surface area contributed by atoms with Crippen molar-refractivity contribution in [1.29, 1.82) is 0 Å². The zero-order valence-electron chi connectivity index (χ0n) is 13.2. The van der Waals surface area contributed by atoms with E-state index >= 15 is 0 Å². The maximum absolute atomic E-state index is 4.74. The van der Waals surface area contributed by atoms with Crippen molar-refractivity contribution < 1.29 is 0 Å². The van der Waals surface area contributed by atoms with E-state index in [4.69, 9.17) is 4.98 Å². The highest BCUT2D eigenvalue weighted by atomic mass is 32.2. The zero-order valence-corrected chi connectivity index (χ0v) is 16.5. The average Bonchev–Trinajstić information content (AvgIpc) is 3.30. The molecule has 7 heteroatoms. The van der Waals surface area contributed by atoms with Crippen LogP contribution in [0.3, 0.4) is 0 Å². The van der Waals surface area contributed by atoms with Gasteiger partial charge in [-0.05, 0) is 12.1 Å². The summed E-state index contributed by atoms with van der Waals surface area (Å²) in [4.78, 5) is 14.1. The molecule has 0 bridgehead atoms. The van der Waals surface area contributed by atoms with Gasteiger partial charge in [0.2, 0.25) is 0 Å². The summed E-state index contributed by atoms with van der Waals surface area (Å²) >= 11 is 6.88. The molecule has 0 amide bonds. The van der Waals surface area contributed by atoms with E-state index in [0.29, 0.717) is 5.92 Å². The van der Waals surface area contributed by atoms with Gasteiger partial charge in [-0.15, -0.1) is 34.0 Å². The van der Waals surface area contributed by atoms with Gasteiger partial charge in [-0.1, -0.05) is 37.7 Å². The van der Waals surface area contributed by atoms with Crippen molar-refractivity contribution in [2.75, 3.05) is 0 Å². The summed E-state index contributed by atoms with van der Waals surface area (Å²) in [5, 5.41) is 6.42. The van der Waals surface area contributed by atoms with Gasteiger partial charge in [-0.25, -0.2) is 15.0 Å². The third-order valence-corrected chi connectivity index (χ3v) is 7.68. The number of fused-ring (bicyclic) bond motifs is 1. The minimum absolute atomic E-state index is 0.470. The Kier molecular flexibility index (Phi) is 4.67. The Morgan fingerprint density at radius 1 is 1.04 bits per heavy atom. The molecule has 4 rings (SSSR count). The first-order valence-corrected chi connectivity index (χ1v) is 11.1. The van der Waals surface area contributed by atoms with E-state index in [0.717, 1.165) is 32.0 Å². The lowest BCUT2D eigenvalue weighted by Gasteiger charge is -1.95. The maximum Gasteiger partial charge on any atom is 0.151 e. The van der Waals surface area contributed by atoms with Crippen molar-refractivity contribution in [3.63, 3.8) is 0 Å². The summed E-state index contributed by atoms with van der Waals surface area (Å²) < 4.78 is 2.34. The highest BCUT2D eigenvalue weighted by Crippen LogP contribution is 2.33. The van der Waals surface area contributed by atoms with Gasteiger partial charge in [0, 0.05) is 22.4 Å². The lowest BCUT2D eigenvalue weighted by molar-refractivity contribution is 0.853. The van der Waals surface area contributed by atoms with Gasteiger partial charge in [0.25, 0.3) is 0 Å². The van der Waals surface area contributed by atoms with Gasteiger partial charge >= 0.3 is 0 Å². The first kappa shape index (κ1) is 16.2. The minimum Gasteiger partial charge on any atom is -0.239 e. The number of hydrogen-bond acceptors (Lipinski definition) is 7. The van der Waals surface area contributed by atoms with E-state index in [-0.39, 0.29) is 0 Å². The quantitative estimate of drug-likeness (QED) is 0.376. The third kappa shape index (κ3) is 3.39. The van der Waals surface area contributed by atoms with Gasteiger partial charge in [0.1, 0.15) is 10.7 Å². The number of hydrogen-bond donors (Lipinski definition) is 0. The van der Waals surface area contributed by atoms with Crippen molar-refractivity contribution in [3.05, 3.63) is 45.7 Å². The van der Waals surface area contributed by atoms with Crippen molar-refractivity contribution in [2.24, 2.45) is 0 Å². The molecule has 4 aromatic rings. The van der Waals surface area contributed by atoms with Crippen LogP contribution < -0.4 is 0 Å². The maximum atomic E-state index is 4.74. The number of nitrogens with zero attached hydrogens (tertiary/aromatic N) is 3. The van der Waals surface area contributed by atoms with E-state index in [2.05, 4.69) is 52.8 Å². The Bertz CT molecular complexity index is 934. The summed E-state index contributed by atoms with van der Waals surface area (Å²) in [5.74, 6) is 1.31. The van der Waals surface area contributed by atoms with E-state index in [1.54, 1.807) is 45.8 Å². The van der Waals surface area contributed by atoms with Crippen molar-refractivity contribution in [1.82, 2.24) is 15.0 Å². The van der Waals surface area contributed by atoms with Gasteiger partial charge in [-0.2, -0.15) is 0 Å². The Morgan fingerprint density at radius 3 is 2.71 bits per heavy atom. The molecule has 3 nitrogen and oxygen atoms in total. The van der Waals surface area contributed by atoms with Gasteiger partial charge in [0.05, 0.1) is 20.9 Å². The number of para-hydroxylation sites is 1. The molecule has 3 aromatic heterocycles. The van der Waals surface area contributed by atoms with Crippen LogP contribution in [0.5, 0.6) is 0 Å². The molecule has 0 fully saturated rings. The molecule has 0 atom stereocenters. The Morgan fingerprint density at radius 2 is 1.92 bits per heavy atom. The highest BCUT2D eigenvalue weighted by molar-refractivity contribution is 8.00. The molecule has 122 valence electrons. The lowest BCUT2D eigenvalue weighted by Crippen LogP contribution is -1.86. The zero-order chi connectivity index (χ0) is 16.5. The van der Waals surface area contributed by atoms with E-state index in [1.807, 2.05) is 6.07 Å². The first-order chi connectivity index (χ1) is 11.7. The van der Waals surface area contributed by atoms with Crippen molar-refractivity contribution >= 4 is 56.0 Å². The van der Waals surface area contributed by atoms with Gasteiger partial charge in [-0.3, -0.25) is 0 Å². The fourth-order valence-electron chi connectivity index (χ4n) is 2.19. The second-order valence-electron chi connectivity index (χ2n) is 5.61. The molecule has 3 heterocycles. The number of benzene rings is 1. The van der Waals surface area contributed by atoms with Crippen molar-refractivity contribution in [3.8, 4) is 10.7 Å². The van der Waals surface area contributed by atoms with Crippen LogP contribution in [0.15, 0.2) is 39.4 Å². The predicted molar refractivity (Wildman–Crippen MR) is 106 cm³/mol. The van der Waals surface area contributed by atoms with Crippen LogP contribution in [0.4, 0.5) is 0 Å². The van der Waals surface area contributed by atoms with Crippen LogP contribution in [0, 0.1) is 0 Å². The summed E-state index contributed by atoms with van der Waals surface area (Å²) in [5.41, 5.74) is 3.18. The Balaban J connectivity index is 1.46. The topological polar surface area (TPSA) is 38.7 Å². The lowest BCUT2D eigenvalue weighted by atomic mass is 10.2. The first-order valence-electron chi connectivity index (χ1n) is 7.57. The van der Waals surface area contributed by atoms with Crippen LogP contribution >= 0.6 is 45.8 Å². The Labute approximate surface area is 156 Å². The normalized spacial score (nSPS) is 11.6. The number of rotatable bonds is 5. The fraction of sp³-hybridized carbons (Fsp3) is 0.235. The number of aromatic nitrogens is 3. The van der Waals surface area contributed by atoms with Gasteiger partial charge < -0.3 is 0 Å². The third-order valence-electron chi connectivity index (χ3n) is 3.40. The van der Waals surface area contributed by atoms with Crippen LogP contribution in [0.25, 0.3) is 20.9 Å². The molecule has 0 unspecified atom stereocenters.